The summed E-state index contributed by atoms with van der Waals surface area (Å²) in [5.74, 6) is 0.921. The van der Waals surface area contributed by atoms with Crippen LogP contribution in [-0.2, 0) is 12.8 Å². The quantitative estimate of drug-likeness (QED) is 0.870. The second-order valence-corrected chi connectivity index (χ2v) is 5.47. The van der Waals surface area contributed by atoms with Crippen molar-refractivity contribution >= 4 is 0 Å². The third-order valence-corrected chi connectivity index (χ3v) is 3.11. The van der Waals surface area contributed by atoms with Gasteiger partial charge in [0.05, 0.1) is 6.10 Å². The maximum Gasteiger partial charge on any atom is 0.119 e. The highest BCUT2D eigenvalue weighted by Crippen LogP contribution is 2.16. The first-order chi connectivity index (χ1) is 9.63. The second-order valence-electron chi connectivity index (χ2n) is 5.47. The zero-order chi connectivity index (χ0) is 14.4. The van der Waals surface area contributed by atoms with Gasteiger partial charge in [0.2, 0.25) is 0 Å². The van der Waals surface area contributed by atoms with Gasteiger partial charge in [0, 0.05) is 6.04 Å². The fourth-order valence-corrected chi connectivity index (χ4v) is 2.31. The van der Waals surface area contributed by atoms with Gasteiger partial charge in [-0.15, -0.1) is 0 Å². The van der Waals surface area contributed by atoms with Gasteiger partial charge in [-0.05, 0) is 49.9 Å². The molecule has 1 unspecified atom stereocenters. The van der Waals surface area contributed by atoms with Gasteiger partial charge in [0.25, 0.3) is 0 Å². The first-order valence-corrected chi connectivity index (χ1v) is 7.18. The molecule has 2 aromatic carbocycles. The number of nitrogens with two attached hydrogens (primary N) is 1. The molecule has 0 fully saturated rings. The summed E-state index contributed by atoms with van der Waals surface area (Å²) in [6.07, 6.45) is 1.96. The Kier molecular flexibility index (Phi) is 5.19. The van der Waals surface area contributed by atoms with Crippen LogP contribution in [0.2, 0.25) is 0 Å². The van der Waals surface area contributed by atoms with Gasteiger partial charge >= 0.3 is 0 Å². The predicted molar refractivity (Wildman–Crippen MR) is 84.0 cm³/mol. The average Bonchev–Trinajstić information content (AvgIpc) is 2.39. The Balaban J connectivity index is 1.95. The largest absolute Gasteiger partial charge is 0.491 e. The molecule has 2 heteroatoms. The third-order valence-electron chi connectivity index (χ3n) is 3.11. The number of benzene rings is 2. The lowest BCUT2D eigenvalue weighted by Gasteiger charge is -2.14. The summed E-state index contributed by atoms with van der Waals surface area (Å²) in [4.78, 5) is 0. The Morgan fingerprint density at radius 3 is 2.25 bits per heavy atom. The van der Waals surface area contributed by atoms with Crippen molar-refractivity contribution in [2.24, 2.45) is 5.73 Å². The van der Waals surface area contributed by atoms with Crippen LogP contribution in [0.15, 0.2) is 54.6 Å². The first kappa shape index (κ1) is 14.6. The minimum Gasteiger partial charge on any atom is -0.491 e. The number of hydrogen-bond acceptors (Lipinski definition) is 2. The van der Waals surface area contributed by atoms with E-state index in [0.717, 1.165) is 18.6 Å². The number of hydrogen-bond donors (Lipinski definition) is 1. The maximum absolute atomic E-state index is 6.25. The summed E-state index contributed by atoms with van der Waals surface area (Å²) < 4.78 is 5.71. The van der Waals surface area contributed by atoms with E-state index in [1.807, 2.05) is 32.0 Å². The fourth-order valence-electron chi connectivity index (χ4n) is 2.31. The predicted octanol–water partition coefficient (Wildman–Crippen LogP) is 3.59. The van der Waals surface area contributed by atoms with E-state index in [1.165, 1.54) is 11.1 Å². The highest BCUT2D eigenvalue weighted by Gasteiger charge is 2.07. The molecule has 0 aromatic heterocycles. The SMILES string of the molecule is CC(C)Oc1cccc(CC(N)Cc2ccccc2)c1. The van der Waals surface area contributed by atoms with E-state index in [2.05, 4.69) is 36.4 Å². The summed E-state index contributed by atoms with van der Waals surface area (Å²) in [5, 5.41) is 0. The molecule has 0 aliphatic heterocycles. The first-order valence-electron chi connectivity index (χ1n) is 7.18. The molecule has 0 aliphatic carbocycles. The Labute approximate surface area is 121 Å². The van der Waals surface area contributed by atoms with E-state index in [0.29, 0.717) is 0 Å². The van der Waals surface area contributed by atoms with Crippen molar-refractivity contribution < 1.29 is 4.74 Å². The van der Waals surface area contributed by atoms with Gasteiger partial charge in [-0.25, -0.2) is 0 Å². The lowest BCUT2D eigenvalue weighted by Crippen LogP contribution is -2.25. The fraction of sp³-hybridized carbons (Fsp3) is 0.333. The Morgan fingerprint density at radius 2 is 1.55 bits per heavy atom. The Hall–Kier alpha value is -1.80. The Morgan fingerprint density at radius 1 is 0.900 bits per heavy atom. The standard InChI is InChI=1S/C18H23NO/c1-14(2)20-18-10-6-9-16(13-18)12-17(19)11-15-7-4-3-5-8-15/h3-10,13-14,17H,11-12,19H2,1-2H3. The average molecular weight is 269 g/mol. The molecule has 106 valence electrons. The van der Waals surface area contributed by atoms with Gasteiger partial charge < -0.3 is 10.5 Å². The van der Waals surface area contributed by atoms with Gasteiger partial charge in [-0.2, -0.15) is 0 Å². The molecule has 0 heterocycles. The van der Waals surface area contributed by atoms with Crippen molar-refractivity contribution in [1.29, 1.82) is 0 Å². The van der Waals surface area contributed by atoms with Crippen molar-refractivity contribution in [2.45, 2.75) is 38.8 Å². The van der Waals surface area contributed by atoms with Crippen molar-refractivity contribution in [2.75, 3.05) is 0 Å². The summed E-state index contributed by atoms with van der Waals surface area (Å²) in [6.45, 7) is 4.07. The monoisotopic (exact) mass is 269 g/mol. The molecule has 2 rings (SSSR count). The van der Waals surface area contributed by atoms with Crippen molar-refractivity contribution in [3.8, 4) is 5.75 Å². The van der Waals surface area contributed by atoms with E-state index in [4.69, 9.17) is 10.5 Å². The minimum absolute atomic E-state index is 0.131. The minimum atomic E-state index is 0.131. The van der Waals surface area contributed by atoms with Gasteiger partial charge in [0.15, 0.2) is 0 Å². The molecule has 2 N–H and O–H groups in total. The molecule has 1 atom stereocenters. The molecular weight excluding hydrogens is 246 g/mol. The molecule has 0 amide bonds. The van der Waals surface area contributed by atoms with Crippen LogP contribution in [0.25, 0.3) is 0 Å². The van der Waals surface area contributed by atoms with Gasteiger partial charge in [-0.3, -0.25) is 0 Å². The molecule has 20 heavy (non-hydrogen) atoms. The topological polar surface area (TPSA) is 35.2 Å². The van der Waals surface area contributed by atoms with Crippen molar-refractivity contribution in [3.05, 3.63) is 65.7 Å². The van der Waals surface area contributed by atoms with Crippen LogP contribution in [0, 0.1) is 0 Å². The van der Waals surface area contributed by atoms with Crippen LogP contribution < -0.4 is 10.5 Å². The van der Waals surface area contributed by atoms with Crippen molar-refractivity contribution in [3.63, 3.8) is 0 Å². The van der Waals surface area contributed by atoms with E-state index in [-0.39, 0.29) is 12.1 Å². The molecule has 0 radical (unpaired) electrons. The van der Waals surface area contributed by atoms with Gasteiger partial charge in [-0.1, -0.05) is 42.5 Å². The van der Waals surface area contributed by atoms with Crippen LogP contribution in [0.3, 0.4) is 0 Å². The lowest BCUT2D eigenvalue weighted by molar-refractivity contribution is 0.242. The van der Waals surface area contributed by atoms with Crippen LogP contribution >= 0.6 is 0 Å². The zero-order valence-corrected chi connectivity index (χ0v) is 12.3. The van der Waals surface area contributed by atoms with Crippen molar-refractivity contribution in [1.82, 2.24) is 0 Å². The molecule has 0 saturated carbocycles. The summed E-state index contributed by atoms with van der Waals surface area (Å²) >= 11 is 0. The summed E-state index contributed by atoms with van der Waals surface area (Å²) in [7, 11) is 0. The van der Waals surface area contributed by atoms with E-state index >= 15 is 0 Å². The third kappa shape index (κ3) is 4.71. The lowest BCUT2D eigenvalue weighted by atomic mass is 10.00. The van der Waals surface area contributed by atoms with E-state index in [9.17, 15) is 0 Å². The molecule has 0 aliphatic rings. The number of rotatable bonds is 6. The van der Waals surface area contributed by atoms with E-state index < -0.39 is 0 Å². The van der Waals surface area contributed by atoms with Gasteiger partial charge in [0.1, 0.15) is 5.75 Å². The molecule has 0 saturated heterocycles. The highest BCUT2D eigenvalue weighted by atomic mass is 16.5. The Bertz CT molecular complexity index is 522. The summed E-state index contributed by atoms with van der Waals surface area (Å²) in [5.41, 5.74) is 8.76. The normalized spacial score (nSPS) is 12.4. The van der Waals surface area contributed by atoms with Crippen LogP contribution in [-0.4, -0.2) is 12.1 Å². The zero-order valence-electron chi connectivity index (χ0n) is 12.3. The van der Waals surface area contributed by atoms with Crippen LogP contribution in [0.5, 0.6) is 5.75 Å². The van der Waals surface area contributed by atoms with Crippen LogP contribution in [0.1, 0.15) is 25.0 Å². The molecular formula is C18H23NO. The highest BCUT2D eigenvalue weighted by molar-refractivity contribution is 5.29. The smallest absolute Gasteiger partial charge is 0.119 e. The van der Waals surface area contributed by atoms with E-state index in [1.54, 1.807) is 0 Å². The maximum atomic E-state index is 6.25. The molecule has 2 nitrogen and oxygen atoms in total. The number of ether oxygens (including phenoxy) is 1. The molecule has 0 spiro atoms. The summed E-state index contributed by atoms with van der Waals surface area (Å²) in [6, 6.07) is 18.7. The van der Waals surface area contributed by atoms with Crippen LogP contribution in [0.4, 0.5) is 0 Å². The molecule has 2 aromatic rings. The second kappa shape index (κ2) is 7.11. The molecule has 0 bridgehead atoms.